The van der Waals surface area contributed by atoms with Gasteiger partial charge in [-0.2, -0.15) is 20.0 Å². The molecule has 1 N–H and O–H groups in total. The van der Waals surface area contributed by atoms with Crippen LogP contribution in [0.25, 0.3) is 0 Å². The van der Waals surface area contributed by atoms with E-state index >= 15 is 0 Å². The highest BCUT2D eigenvalue weighted by molar-refractivity contribution is 6.03. The van der Waals surface area contributed by atoms with Crippen molar-refractivity contribution in [2.45, 2.75) is 6.30 Å². The van der Waals surface area contributed by atoms with Gasteiger partial charge in [0.15, 0.2) is 0 Å². The number of aromatic nitrogens is 4. The van der Waals surface area contributed by atoms with Gasteiger partial charge in [0, 0.05) is 6.20 Å². The van der Waals surface area contributed by atoms with Crippen LogP contribution >= 0.6 is 0 Å². The molecule has 0 unspecified atom stereocenters. The van der Waals surface area contributed by atoms with E-state index in [0.717, 1.165) is 6.20 Å². The third-order valence-corrected chi connectivity index (χ3v) is 1.95. The number of nitrogens with zero attached hydrogens (tertiary/aromatic N) is 4. The fourth-order valence-electron chi connectivity index (χ4n) is 1.15. The Morgan fingerprint density at radius 1 is 1.28 bits per heavy atom. The summed E-state index contributed by atoms with van der Waals surface area (Å²) in [5, 5.41) is 12.4. The number of anilines is 1. The second-order valence-corrected chi connectivity index (χ2v) is 3.23. The van der Waals surface area contributed by atoms with Gasteiger partial charge < -0.3 is 5.32 Å². The molecule has 6 nitrogen and oxygen atoms in total. The lowest BCUT2D eigenvalue weighted by Crippen LogP contribution is -2.17. The Hall–Kier alpha value is -2.45. The molecule has 94 valence electrons. The normalized spacial score (nSPS) is 11.3. The number of nitrogens with one attached hydrogen (secondary N) is 1. The highest BCUT2D eigenvalue weighted by Crippen LogP contribution is 2.21. The van der Waals surface area contributed by atoms with Crippen molar-refractivity contribution in [3.05, 3.63) is 36.4 Å². The molecule has 0 aromatic carbocycles. The lowest BCUT2D eigenvalue weighted by Gasteiger charge is -2.04. The van der Waals surface area contributed by atoms with Gasteiger partial charge in [-0.3, -0.25) is 4.79 Å². The van der Waals surface area contributed by atoms with Crippen molar-refractivity contribution in [1.29, 1.82) is 0 Å². The Morgan fingerprint density at radius 3 is 2.61 bits per heavy atom. The molecule has 0 saturated carbocycles. The molecule has 2 aromatic rings. The molecule has 0 atom stereocenters. The fourth-order valence-corrected chi connectivity index (χ4v) is 1.15. The zero-order valence-corrected chi connectivity index (χ0v) is 8.72. The topological polar surface area (TPSA) is 72.7 Å². The predicted molar refractivity (Wildman–Crippen MR) is 53.5 cm³/mol. The van der Waals surface area contributed by atoms with Gasteiger partial charge in [0.25, 0.3) is 5.91 Å². The maximum absolute atomic E-state index is 12.2. The number of carbonyl (C=O) groups is 1. The van der Waals surface area contributed by atoms with Crippen molar-refractivity contribution in [2.75, 3.05) is 5.32 Å². The average molecular weight is 257 g/mol. The molecule has 9 heteroatoms. The van der Waals surface area contributed by atoms with Crippen molar-refractivity contribution in [2.24, 2.45) is 0 Å². The minimum Gasteiger partial charge on any atom is -0.320 e. The Kier molecular flexibility index (Phi) is 2.96. The SMILES string of the molecule is O=C(Nc1ccnnc1)c1cnn(C(F)(F)F)c1. The largest absolute Gasteiger partial charge is 0.504 e. The number of hydrogen-bond acceptors (Lipinski definition) is 4. The molecule has 0 fully saturated rings. The molecular formula is C9H6F3N5O. The number of alkyl halides is 3. The Balaban J connectivity index is 2.13. The van der Waals surface area contributed by atoms with Crippen LogP contribution in [0.5, 0.6) is 0 Å². The molecule has 0 radical (unpaired) electrons. The van der Waals surface area contributed by atoms with Crippen molar-refractivity contribution >= 4 is 11.6 Å². The Labute approximate surface area is 98.4 Å². The molecule has 0 aliphatic heterocycles. The molecule has 2 rings (SSSR count). The molecule has 0 aliphatic rings. The highest BCUT2D eigenvalue weighted by Gasteiger charge is 2.32. The van der Waals surface area contributed by atoms with Crippen LogP contribution in [-0.4, -0.2) is 25.9 Å². The van der Waals surface area contributed by atoms with Crippen LogP contribution in [0.1, 0.15) is 10.4 Å². The summed E-state index contributed by atoms with van der Waals surface area (Å²) in [7, 11) is 0. The van der Waals surface area contributed by atoms with E-state index in [-0.39, 0.29) is 10.2 Å². The standard InChI is InChI=1S/C9H6F3N5O/c10-9(11,12)17-5-6(3-15-17)8(18)16-7-1-2-13-14-4-7/h1-5H,(H,13,16,18). The monoisotopic (exact) mass is 257 g/mol. The number of rotatable bonds is 2. The molecule has 0 spiro atoms. The fraction of sp³-hybridized carbons (Fsp3) is 0.111. The number of halogens is 3. The van der Waals surface area contributed by atoms with E-state index in [4.69, 9.17) is 0 Å². The smallest absolute Gasteiger partial charge is 0.320 e. The van der Waals surface area contributed by atoms with Crippen LogP contribution in [0.2, 0.25) is 0 Å². The first kappa shape index (κ1) is 12.0. The molecule has 0 saturated heterocycles. The van der Waals surface area contributed by atoms with Gasteiger partial charge in [0.05, 0.1) is 29.8 Å². The number of hydrogen-bond donors (Lipinski definition) is 1. The lowest BCUT2D eigenvalue weighted by molar-refractivity contribution is -0.212. The van der Waals surface area contributed by atoms with Gasteiger partial charge >= 0.3 is 6.30 Å². The lowest BCUT2D eigenvalue weighted by atomic mass is 10.3. The van der Waals surface area contributed by atoms with E-state index in [1.54, 1.807) is 0 Å². The van der Waals surface area contributed by atoms with E-state index in [1.807, 2.05) is 0 Å². The van der Waals surface area contributed by atoms with Gasteiger partial charge in [-0.05, 0) is 6.07 Å². The van der Waals surface area contributed by atoms with Crippen LogP contribution in [-0.2, 0) is 6.30 Å². The van der Waals surface area contributed by atoms with Crippen molar-refractivity contribution in [3.63, 3.8) is 0 Å². The van der Waals surface area contributed by atoms with E-state index in [2.05, 4.69) is 20.6 Å². The summed E-state index contributed by atoms with van der Waals surface area (Å²) >= 11 is 0. The van der Waals surface area contributed by atoms with Gasteiger partial charge in [-0.25, -0.2) is 0 Å². The maximum atomic E-state index is 12.2. The molecule has 18 heavy (non-hydrogen) atoms. The number of amides is 1. The summed E-state index contributed by atoms with van der Waals surface area (Å²) in [6.45, 7) is 0. The van der Waals surface area contributed by atoms with E-state index in [1.165, 1.54) is 18.5 Å². The third kappa shape index (κ3) is 2.62. The van der Waals surface area contributed by atoms with E-state index in [9.17, 15) is 18.0 Å². The van der Waals surface area contributed by atoms with Gasteiger partial charge in [-0.1, -0.05) is 0 Å². The quantitative estimate of drug-likeness (QED) is 0.882. The second kappa shape index (κ2) is 4.43. The first-order valence-corrected chi connectivity index (χ1v) is 4.67. The zero-order valence-electron chi connectivity index (χ0n) is 8.72. The molecule has 1 amide bonds. The summed E-state index contributed by atoms with van der Waals surface area (Å²) in [6.07, 6.45) is -0.598. The van der Waals surface area contributed by atoms with Crippen molar-refractivity contribution in [3.8, 4) is 0 Å². The highest BCUT2D eigenvalue weighted by atomic mass is 19.4. The summed E-state index contributed by atoms with van der Waals surface area (Å²) < 4.78 is 36.5. The molecular weight excluding hydrogens is 251 g/mol. The van der Waals surface area contributed by atoms with E-state index < -0.39 is 12.2 Å². The van der Waals surface area contributed by atoms with Crippen LogP contribution in [0, 0.1) is 0 Å². The second-order valence-electron chi connectivity index (χ2n) is 3.23. The maximum Gasteiger partial charge on any atom is 0.504 e. The molecule has 0 aliphatic carbocycles. The average Bonchev–Trinajstić information content (AvgIpc) is 2.79. The molecule has 0 bridgehead atoms. The first-order chi connectivity index (χ1) is 8.47. The van der Waals surface area contributed by atoms with E-state index in [0.29, 0.717) is 11.9 Å². The Morgan fingerprint density at radius 2 is 2.06 bits per heavy atom. The van der Waals surface area contributed by atoms with Crippen molar-refractivity contribution < 1.29 is 18.0 Å². The third-order valence-electron chi connectivity index (χ3n) is 1.95. The summed E-state index contributed by atoms with van der Waals surface area (Å²) in [6, 6.07) is 1.46. The summed E-state index contributed by atoms with van der Waals surface area (Å²) in [5.41, 5.74) is 0.124. The minimum atomic E-state index is -4.64. The van der Waals surface area contributed by atoms with Gasteiger partial charge in [-0.15, -0.1) is 13.2 Å². The van der Waals surface area contributed by atoms with Crippen LogP contribution in [0.3, 0.4) is 0 Å². The summed E-state index contributed by atoms with van der Waals surface area (Å²) in [4.78, 5) is 11.6. The first-order valence-electron chi connectivity index (χ1n) is 4.67. The number of carbonyl (C=O) groups excluding carboxylic acids is 1. The van der Waals surface area contributed by atoms with Crippen molar-refractivity contribution in [1.82, 2.24) is 20.0 Å². The summed E-state index contributed by atoms with van der Waals surface area (Å²) in [5.74, 6) is -0.710. The minimum absolute atomic E-state index is 0.205. The molecule has 2 heterocycles. The van der Waals surface area contributed by atoms with Crippen LogP contribution < -0.4 is 5.32 Å². The van der Waals surface area contributed by atoms with Gasteiger partial charge in [0.1, 0.15) is 0 Å². The van der Waals surface area contributed by atoms with Crippen LogP contribution in [0.15, 0.2) is 30.9 Å². The van der Waals surface area contributed by atoms with Crippen LogP contribution in [0.4, 0.5) is 18.9 Å². The predicted octanol–water partition coefficient (Wildman–Crippen LogP) is 1.40. The Bertz CT molecular complexity index is 551. The molecule has 2 aromatic heterocycles. The zero-order chi connectivity index (χ0) is 13.2. The van der Waals surface area contributed by atoms with Gasteiger partial charge in [0.2, 0.25) is 0 Å².